The topological polar surface area (TPSA) is 117 Å². The quantitative estimate of drug-likeness (QED) is 0.227. The van der Waals surface area contributed by atoms with Gasteiger partial charge in [-0.3, -0.25) is 14.4 Å². The zero-order valence-corrected chi connectivity index (χ0v) is 25.8. The van der Waals surface area contributed by atoms with Crippen LogP contribution in [0.4, 0.5) is 18.9 Å². The number of ether oxygens (including phenoxy) is 1. The highest BCUT2D eigenvalue weighted by Gasteiger charge is 2.61. The van der Waals surface area contributed by atoms with Crippen molar-refractivity contribution in [1.82, 2.24) is 15.5 Å². The number of rotatable bonds is 12. The minimum atomic E-state index is -3.21. The number of carbonyl (C=O) groups excluding carboxylic acids is 4. The number of anilines is 1. The number of benzene rings is 1. The van der Waals surface area contributed by atoms with Crippen LogP contribution in [0.25, 0.3) is 0 Å². The largest absolute Gasteiger partial charge is 0.461 e. The molecule has 4 fully saturated rings. The van der Waals surface area contributed by atoms with Crippen molar-refractivity contribution >= 4 is 41.0 Å². The van der Waals surface area contributed by atoms with Gasteiger partial charge in [-0.05, 0) is 69.2 Å². The Hall–Kier alpha value is -3.28. The van der Waals surface area contributed by atoms with E-state index in [2.05, 4.69) is 16.0 Å². The van der Waals surface area contributed by atoms with Gasteiger partial charge in [-0.2, -0.15) is 4.39 Å². The van der Waals surface area contributed by atoms with Gasteiger partial charge >= 0.3 is 5.97 Å². The van der Waals surface area contributed by atoms with Crippen LogP contribution in [-0.4, -0.2) is 71.8 Å². The predicted molar refractivity (Wildman–Crippen MR) is 159 cm³/mol. The molecule has 3 heterocycles. The van der Waals surface area contributed by atoms with E-state index in [0.29, 0.717) is 36.5 Å². The first-order valence-electron chi connectivity index (χ1n) is 15.1. The van der Waals surface area contributed by atoms with E-state index in [1.165, 1.54) is 11.8 Å². The molecule has 1 aromatic carbocycles. The lowest BCUT2D eigenvalue weighted by Gasteiger charge is -2.54. The number of amides is 3. The van der Waals surface area contributed by atoms with Crippen molar-refractivity contribution in [3.8, 4) is 0 Å². The molecule has 0 unspecified atom stereocenters. The Balaban J connectivity index is 1.65. The van der Waals surface area contributed by atoms with Gasteiger partial charge < -0.3 is 25.6 Å². The van der Waals surface area contributed by atoms with Crippen molar-refractivity contribution < 1.29 is 37.1 Å². The summed E-state index contributed by atoms with van der Waals surface area (Å²) >= 11 is 6.14. The SMILES string of the molecule is CCOC(=O)/C(F)=C/[C@H](C[C@@H]1CCNC1=O)NC(=O)[C@@H]1[C@@H]2CC[C@@H](CC2(F)F)N1C(=O)[C@H](CC(C)C)Nc1cccc(Cl)c1. The average molecular weight is 641 g/mol. The first-order valence-corrected chi connectivity index (χ1v) is 15.5. The van der Waals surface area contributed by atoms with Crippen LogP contribution in [0.1, 0.15) is 59.3 Å². The van der Waals surface area contributed by atoms with Crippen LogP contribution in [0.15, 0.2) is 36.2 Å². The second kappa shape index (κ2) is 14.2. The minimum absolute atomic E-state index is 0.0266. The van der Waals surface area contributed by atoms with E-state index in [-0.39, 0.29) is 31.3 Å². The summed E-state index contributed by atoms with van der Waals surface area (Å²) in [7, 11) is 0. The molecule has 3 saturated heterocycles. The van der Waals surface area contributed by atoms with Gasteiger partial charge in [-0.15, -0.1) is 0 Å². The second-order valence-electron chi connectivity index (χ2n) is 12.2. The van der Waals surface area contributed by atoms with E-state index in [0.717, 1.165) is 6.08 Å². The molecule has 1 aromatic rings. The number of carbonyl (C=O) groups is 4. The Morgan fingerprint density at radius 1 is 1.23 bits per heavy atom. The summed E-state index contributed by atoms with van der Waals surface area (Å²) in [6, 6.07) is 2.33. The summed E-state index contributed by atoms with van der Waals surface area (Å²) in [4.78, 5) is 53.7. The molecule has 2 bridgehead atoms. The van der Waals surface area contributed by atoms with Crippen LogP contribution >= 0.6 is 11.6 Å². The average Bonchev–Trinajstić information content (AvgIpc) is 3.35. The number of nitrogens with zero attached hydrogens (tertiary/aromatic N) is 1. The van der Waals surface area contributed by atoms with Crippen LogP contribution in [0.3, 0.4) is 0 Å². The zero-order chi connectivity index (χ0) is 32.2. The Kier molecular flexibility index (Phi) is 10.9. The summed E-state index contributed by atoms with van der Waals surface area (Å²) in [6.07, 6.45) is 1.32. The summed E-state index contributed by atoms with van der Waals surface area (Å²) in [5, 5.41) is 8.90. The molecular formula is C31H40ClF3N4O5. The fourth-order valence-electron chi connectivity index (χ4n) is 6.53. The van der Waals surface area contributed by atoms with Crippen LogP contribution in [0.2, 0.25) is 5.02 Å². The fraction of sp³-hybridized carbons (Fsp3) is 0.613. The Labute approximate surface area is 260 Å². The first-order chi connectivity index (χ1) is 20.8. The van der Waals surface area contributed by atoms with Crippen LogP contribution in [0.5, 0.6) is 0 Å². The zero-order valence-electron chi connectivity index (χ0n) is 25.1. The van der Waals surface area contributed by atoms with Crippen molar-refractivity contribution in [3.63, 3.8) is 0 Å². The molecule has 13 heteroatoms. The first kappa shape index (κ1) is 33.6. The van der Waals surface area contributed by atoms with E-state index in [1.807, 2.05) is 13.8 Å². The molecule has 3 aliphatic heterocycles. The van der Waals surface area contributed by atoms with Crippen LogP contribution in [-0.2, 0) is 23.9 Å². The highest BCUT2D eigenvalue weighted by atomic mass is 35.5. The molecule has 242 valence electrons. The van der Waals surface area contributed by atoms with Crippen LogP contribution < -0.4 is 16.0 Å². The number of alkyl halides is 2. The Bertz CT molecular complexity index is 1280. The number of nitrogens with one attached hydrogen (secondary N) is 3. The fourth-order valence-corrected chi connectivity index (χ4v) is 6.72. The molecule has 0 radical (unpaired) electrons. The summed E-state index contributed by atoms with van der Waals surface area (Å²) in [6.45, 7) is 5.67. The monoisotopic (exact) mass is 640 g/mol. The van der Waals surface area contributed by atoms with E-state index < -0.39 is 72.0 Å². The molecule has 9 nitrogen and oxygen atoms in total. The van der Waals surface area contributed by atoms with Gasteiger partial charge in [0.25, 0.3) is 5.92 Å². The van der Waals surface area contributed by atoms with Gasteiger partial charge in [-0.25, -0.2) is 13.6 Å². The third-order valence-corrected chi connectivity index (χ3v) is 8.71. The molecule has 3 N–H and O–H groups in total. The molecule has 0 spiro atoms. The lowest BCUT2D eigenvalue weighted by atomic mass is 9.71. The molecule has 1 aliphatic carbocycles. The van der Waals surface area contributed by atoms with Crippen molar-refractivity contribution in [2.24, 2.45) is 17.8 Å². The van der Waals surface area contributed by atoms with Gasteiger partial charge in [0.1, 0.15) is 12.1 Å². The predicted octanol–water partition coefficient (Wildman–Crippen LogP) is 4.61. The van der Waals surface area contributed by atoms with Gasteiger partial charge in [-0.1, -0.05) is 31.5 Å². The highest BCUT2D eigenvalue weighted by molar-refractivity contribution is 6.30. The number of fused-ring (bicyclic) bond motifs is 3. The van der Waals surface area contributed by atoms with Crippen molar-refractivity contribution in [2.45, 2.75) is 89.4 Å². The van der Waals surface area contributed by atoms with E-state index in [1.54, 1.807) is 24.3 Å². The smallest absolute Gasteiger partial charge is 0.366 e. The Morgan fingerprint density at radius 3 is 2.59 bits per heavy atom. The van der Waals surface area contributed by atoms with E-state index in [9.17, 15) is 23.6 Å². The maximum atomic E-state index is 15.3. The standard InChI is InChI=1S/C31H40ClF3N4O5/c1-4-44-30(43)24(33)15-21(13-18-10-11-36-27(18)40)38-28(41)26-23-9-8-22(16-31(23,34)35)39(26)29(42)25(12-17(2)3)37-20-7-5-6-19(32)14-20/h5-7,14-15,17-18,21-23,25-26,37H,4,8-13,16H2,1-3H3,(H,36,40)(H,38,41)/b24-15-/t18-,21-,22-,23-,25-,26-/m0/s1. The normalized spacial score (nSPS) is 25.8. The maximum Gasteiger partial charge on any atom is 0.366 e. The van der Waals surface area contributed by atoms with E-state index in [4.69, 9.17) is 16.3 Å². The lowest BCUT2D eigenvalue weighted by Crippen LogP contribution is -2.70. The van der Waals surface area contributed by atoms with Gasteiger partial charge in [0.05, 0.1) is 18.6 Å². The van der Waals surface area contributed by atoms with E-state index >= 15 is 8.78 Å². The molecule has 44 heavy (non-hydrogen) atoms. The maximum absolute atomic E-state index is 15.3. The third kappa shape index (κ3) is 7.86. The number of hydrogen-bond donors (Lipinski definition) is 3. The number of halogens is 4. The van der Waals surface area contributed by atoms with Crippen molar-refractivity contribution in [2.75, 3.05) is 18.5 Å². The minimum Gasteiger partial charge on any atom is -0.461 e. The lowest BCUT2D eigenvalue weighted by molar-refractivity contribution is -0.194. The summed E-state index contributed by atoms with van der Waals surface area (Å²) in [5.41, 5.74) is 0.569. The summed E-state index contributed by atoms with van der Waals surface area (Å²) in [5.74, 6) is -9.42. The second-order valence-corrected chi connectivity index (χ2v) is 12.6. The van der Waals surface area contributed by atoms with Gasteiger partial charge in [0.15, 0.2) is 0 Å². The summed E-state index contributed by atoms with van der Waals surface area (Å²) < 4.78 is 50.1. The molecule has 4 aliphatic rings. The molecule has 6 atom stereocenters. The molecule has 5 rings (SSSR count). The highest BCUT2D eigenvalue weighted by Crippen LogP contribution is 2.49. The van der Waals surface area contributed by atoms with Gasteiger partial charge in [0, 0.05) is 35.6 Å². The van der Waals surface area contributed by atoms with Crippen molar-refractivity contribution in [1.29, 1.82) is 0 Å². The number of piperidine rings is 2. The third-order valence-electron chi connectivity index (χ3n) is 8.48. The Morgan fingerprint density at radius 2 is 1.98 bits per heavy atom. The van der Waals surface area contributed by atoms with Crippen LogP contribution in [0, 0.1) is 17.8 Å². The molecule has 0 aromatic heterocycles. The molecule has 1 saturated carbocycles. The molecule has 3 amide bonds. The number of hydrogen-bond acceptors (Lipinski definition) is 6. The molecular weight excluding hydrogens is 601 g/mol. The van der Waals surface area contributed by atoms with Gasteiger partial charge in [0.2, 0.25) is 23.5 Å². The van der Waals surface area contributed by atoms with Crippen molar-refractivity contribution in [3.05, 3.63) is 41.2 Å². The number of esters is 1.